The van der Waals surface area contributed by atoms with Gasteiger partial charge in [0, 0.05) is 32.5 Å². The largest absolute Gasteiger partial charge is 0.459 e. The van der Waals surface area contributed by atoms with E-state index >= 15 is 0 Å². The van der Waals surface area contributed by atoms with Gasteiger partial charge in [0.15, 0.2) is 0 Å². The standard InChI is InChI=1S/C26H47NO9/c1-10-21-26(7,31)23(29)19(5)22(27-35-15-34-12-11-32-8)16(2)14-25(6,33-9)17(3)13-20(28)18(4)24(30)36-21/h16-19,21,23,29,31H,10-15H2,1-9H3/b27-22+/t16-,17-,18?,19+,21-,23-,25-,26-/m1/s1. The molecular weight excluding hydrogens is 470 g/mol. The predicted molar refractivity (Wildman–Crippen MR) is 134 cm³/mol. The third-order valence-corrected chi connectivity index (χ3v) is 7.63. The normalized spacial score (nSPS) is 38.5. The van der Waals surface area contributed by atoms with Gasteiger partial charge in [-0.3, -0.25) is 9.59 Å². The number of aliphatic hydroxyl groups excluding tert-OH is 1. The molecule has 0 bridgehead atoms. The number of ketones is 1. The zero-order valence-electron chi connectivity index (χ0n) is 23.4. The molecule has 2 N–H and O–H groups in total. The lowest BCUT2D eigenvalue weighted by molar-refractivity contribution is -0.186. The van der Waals surface area contributed by atoms with Gasteiger partial charge in [-0.15, -0.1) is 0 Å². The van der Waals surface area contributed by atoms with Crippen molar-refractivity contribution < 1.29 is 43.6 Å². The van der Waals surface area contributed by atoms with E-state index in [4.69, 9.17) is 23.8 Å². The third-order valence-electron chi connectivity index (χ3n) is 7.63. The number of hydrogen-bond acceptors (Lipinski definition) is 10. The van der Waals surface area contributed by atoms with Gasteiger partial charge in [0.25, 0.3) is 0 Å². The minimum atomic E-state index is -1.82. The summed E-state index contributed by atoms with van der Waals surface area (Å²) in [7, 11) is 3.15. The second kappa shape index (κ2) is 14.4. The molecule has 1 aliphatic heterocycles. The molecule has 0 spiro atoms. The van der Waals surface area contributed by atoms with Crippen LogP contribution in [0.15, 0.2) is 5.16 Å². The summed E-state index contributed by atoms with van der Waals surface area (Å²) in [5, 5.41) is 26.9. The molecule has 10 nitrogen and oxygen atoms in total. The van der Waals surface area contributed by atoms with Crippen LogP contribution in [0.1, 0.15) is 67.7 Å². The first-order valence-corrected chi connectivity index (χ1v) is 12.7. The number of esters is 1. The number of nitrogens with zero attached hydrogens (tertiary/aromatic N) is 1. The van der Waals surface area contributed by atoms with Gasteiger partial charge in [0.1, 0.15) is 23.4 Å². The smallest absolute Gasteiger partial charge is 0.316 e. The van der Waals surface area contributed by atoms with E-state index < -0.39 is 41.2 Å². The molecule has 1 rings (SSSR count). The first-order valence-electron chi connectivity index (χ1n) is 12.7. The first-order chi connectivity index (χ1) is 16.8. The number of cyclic esters (lactones) is 1. The molecule has 0 aliphatic carbocycles. The van der Waals surface area contributed by atoms with Crippen LogP contribution in [-0.2, 0) is 33.4 Å². The second-order valence-electron chi connectivity index (χ2n) is 10.4. The van der Waals surface area contributed by atoms with Crippen molar-refractivity contribution in [2.75, 3.05) is 34.2 Å². The summed E-state index contributed by atoms with van der Waals surface area (Å²) in [4.78, 5) is 31.2. The summed E-state index contributed by atoms with van der Waals surface area (Å²) in [6, 6.07) is 0. The van der Waals surface area contributed by atoms with Crippen molar-refractivity contribution >= 4 is 17.5 Å². The fourth-order valence-electron chi connectivity index (χ4n) is 4.70. The van der Waals surface area contributed by atoms with E-state index in [1.807, 2.05) is 20.8 Å². The summed E-state index contributed by atoms with van der Waals surface area (Å²) >= 11 is 0. The van der Waals surface area contributed by atoms with Crippen molar-refractivity contribution in [2.24, 2.45) is 28.8 Å². The van der Waals surface area contributed by atoms with Crippen LogP contribution >= 0.6 is 0 Å². The number of hydrogen-bond donors (Lipinski definition) is 2. The average molecular weight is 518 g/mol. The van der Waals surface area contributed by atoms with E-state index in [9.17, 15) is 19.8 Å². The van der Waals surface area contributed by atoms with E-state index in [0.717, 1.165) is 0 Å². The van der Waals surface area contributed by atoms with Crippen LogP contribution in [-0.4, -0.2) is 85.3 Å². The van der Waals surface area contributed by atoms with Crippen molar-refractivity contribution in [3.8, 4) is 0 Å². The molecule has 1 fully saturated rings. The van der Waals surface area contributed by atoms with Gasteiger partial charge in [-0.05, 0) is 39.5 Å². The van der Waals surface area contributed by atoms with Crippen molar-refractivity contribution in [3.63, 3.8) is 0 Å². The number of carbonyl (C=O) groups excluding carboxylic acids is 2. The van der Waals surface area contributed by atoms with Crippen LogP contribution in [0.5, 0.6) is 0 Å². The fourth-order valence-corrected chi connectivity index (χ4v) is 4.70. The number of methoxy groups -OCH3 is 2. The maximum atomic E-state index is 12.9. The highest BCUT2D eigenvalue weighted by atomic mass is 16.7. The van der Waals surface area contributed by atoms with Crippen molar-refractivity contribution in [1.82, 2.24) is 0 Å². The minimum Gasteiger partial charge on any atom is -0.459 e. The number of ether oxygens (including phenoxy) is 4. The highest BCUT2D eigenvalue weighted by molar-refractivity contribution is 5.98. The Morgan fingerprint density at radius 3 is 2.31 bits per heavy atom. The van der Waals surface area contributed by atoms with Gasteiger partial charge < -0.3 is 34.0 Å². The number of rotatable bonds is 8. The van der Waals surface area contributed by atoms with Crippen LogP contribution in [0.4, 0.5) is 0 Å². The van der Waals surface area contributed by atoms with E-state index in [1.54, 1.807) is 28.1 Å². The molecule has 0 saturated carbocycles. The molecular formula is C26H47NO9. The third kappa shape index (κ3) is 8.21. The Hall–Kier alpha value is -1.59. The van der Waals surface area contributed by atoms with Crippen molar-refractivity contribution in [3.05, 3.63) is 0 Å². The highest BCUT2D eigenvalue weighted by Crippen LogP contribution is 2.36. The summed E-state index contributed by atoms with van der Waals surface area (Å²) in [6.07, 6.45) is -1.56. The molecule has 0 radical (unpaired) electrons. The highest BCUT2D eigenvalue weighted by Gasteiger charge is 2.47. The maximum Gasteiger partial charge on any atom is 0.316 e. The lowest BCUT2D eigenvalue weighted by Gasteiger charge is -2.41. The lowest BCUT2D eigenvalue weighted by Crippen LogP contribution is -2.56. The van der Waals surface area contributed by atoms with Gasteiger partial charge in [-0.25, -0.2) is 0 Å². The van der Waals surface area contributed by atoms with Crippen LogP contribution in [0, 0.1) is 23.7 Å². The lowest BCUT2D eigenvalue weighted by atomic mass is 9.74. The van der Waals surface area contributed by atoms with Crippen LogP contribution in [0.2, 0.25) is 0 Å². The van der Waals surface area contributed by atoms with Gasteiger partial charge in [-0.1, -0.05) is 32.9 Å². The van der Waals surface area contributed by atoms with E-state index in [2.05, 4.69) is 5.16 Å². The molecule has 0 aromatic rings. The Bertz CT molecular complexity index is 741. The number of oxime groups is 1. The summed E-state index contributed by atoms with van der Waals surface area (Å²) in [5.41, 5.74) is -2.06. The van der Waals surface area contributed by atoms with Crippen LogP contribution in [0.25, 0.3) is 0 Å². The minimum absolute atomic E-state index is 0.113. The predicted octanol–water partition coefficient (Wildman–Crippen LogP) is 2.73. The van der Waals surface area contributed by atoms with Crippen LogP contribution in [0.3, 0.4) is 0 Å². The second-order valence-corrected chi connectivity index (χ2v) is 10.4. The molecule has 0 aromatic heterocycles. The zero-order valence-corrected chi connectivity index (χ0v) is 23.4. The van der Waals surface area contributed by atoms with E-state index in [-0.39, 0.29) is 37.3 Å². The van der Waals surface area contributed by atoms with Crippen LogP contribution < -0.4 is 0 Å². The summed E-state index contributed by atoms with van der Waals surface area (Å²) in [6.45, 7) is 12.8. The molecule has 1 saturated heterocycles. The molecule has 10 heteroatoms. The van der Waals surface area contributed by atoms with Gasteiger partial charge in [0.05, 0.1) is 30.6 Å². The molecule has 36 heavy (non-hydrogen) atoms. The number of carbonyl (C=O) groups is 2. The van der Waals surface area contributed by atoms with Gasteiger partial charge in [0.2, 0.25) is 6.79 Å². The van der Waals surface area contributed by atoms with Gasteiger partial charge in [-0.2, -0.15) is 0 Å². The SMILES string of the molecule is CC[C@H]1OC(=O)C(C)C(=O)C[C@@H](C)[C@](C)(OC)C[C@@H](C)/C(=N\OCOCCOC)[C@H](C)[C@@H](O)[C@]1(C)O. The van der Waals surface area contributed by atoms with E-state index in [1.165, 1.54) is 13.8 Å². The molecule has 0 aromatic carbocycles. The zero-order chi connectivity index (χ0) is 27.7. The first kappa shape index (κ1) is 32.4. The van der Waals surface area contributed by atoms with Gasteiger partial charge >= 0.3 is 5.97 Å². The molecule has 1 unspecified atom stereocenters. The maximum absolute atomic E-state index is 12.9. The Kier molecular flexibility index (Phi) is 13.0. The quantitative estimate of drug-likeness (QED) is 0.164. The number of aliphatic hydroxyl groups is 2. The van der Waals surface area contributed by atoms with Crippen molar-refractivity contribution in [2.45, 2.75) is 91.1 Å². The molecule has 1 heterocycles. The molecule has 210 valence electrons. The Morgan fingerprint density at radius 1 is 1.11 bits per heavy atom. The Morgan fingerprint density at radius 2 is 1.75 bits per heavy atom. The molecule has 1 aliphatic rings. The average Bonchev–Trinajstić information content (AvgIpc) is 2.84. The monoisotopic (exact) mass is 517 g/mol. The fraction of sp³-hybridized carbons (Fsp3) is 0.885. The number of Topliss-reactive ketones (excluding diaryl/α,β-unsaturated/α-hetero) is 1. The van der Waals surface area contributed by atoms with E-state index in [0.29, 0.717) is 25.3 Å². The Balaban J connectivity index is 3.45. The van der Waals surface area contributed by atoms with Crippen molar-refractivity contribution in [1.29, 1.82) is 0 Å². The summed E-state index contributed by atoms with van der Waals surface area (Å²) < 4.78 is 21.7. The Labute approximate surface area is 215 Å². The molecule has 8 atom stereocenters. The summed E-state index contributed by atoms with van der Waals surface area (Å²) in [5.74, 6) is -3.14. The molecule has 0 amide bonds. The topological polar surface area (TPSA) is 133 Å².